The number of rotatable bonds is 3. The van der Waals surface area contributed by atoms with Crippen LogP contribution in [0.25, 0.3) is 0 Å². The van der Waals surface area contributed by atoms with E-state index < -0.39 is 5.60 Å². The molecule has 0 radical (unpaired) electrons. The van der Waals surface area contributed by atoms with Gasteiger partial charge in [0.15, 0.2) is 0 Å². The Kier molecular flexibility index (Phi) is 5.75. The normalized spacial score (nSPS) is 12.7. The molecule has 0 saturated carbocycles. The first kappa shape index (κ1) is 16.7. The third-order valence-electron chi connectivity index (χ3n) is 2.75. The molecule has 0 aliphatic heterocycles. The predicted octanol–water partition coefficient (Wildman–Crippen LogP) is 1.09. The van der Waals surface area contributed by atoms with Crippen LogP contribution < -0.4 is 23.6 Å². The molecule has 2 aromatic rings. The fourth-order valence-electron chi connectivity index (χ4n) is 1.57. The molecule has 2 nitrogen and oxygen atoms in total. The maximum absolute atomic E-state index is 9.91. The third-order valence-corrected chi connectivity index (χ3v) is 3.00. The second-order valence-electron chi connectivity index (χ2n) is 4.30. The van der Waals surface area contributed by atoms with Crippen molar-refractivity contribution in [1.29, 1.82) is 0 Å². The number of terminal acetylenes is 1. The quantitative estimate of drug-likeness (QED) is 0.674. The van der Waals surface area contributed by atoms with Crippen LogP contribution in [-0.2, 0) is 5.60 Å². The molecule has 0 aliphatic carbocycles. The zero-order chi connectivity index (χ0) is 13.9. The van der Waals surface area contributed by atoms with Crippen LogP contribution in [0.2, 0.25) is 5.02 Å². The van der Waals surface area contributed by atoms with Gasteiger partial charge < -0.3 is 11.3 Å². The molecule has 2 rings (SSSR count). The Bertz CT molecular complexity index is 604. The van der Waals surface area contributed by atoms with Gasteiger partial charge in [-0.3, -0.25) is 0 Å². The molecule has 2 aromatic carbocycles. The van der Waals surface area contributed by atoms with Crippen molar-refractivity contribution in [3.63, 3.8) is 0 Å². The van der Waals surface area contributed by atoms with Gasteiger partial charge in [-0.15, -0.1) is 6.42 Å². The summed E-state index contributed by atoms with van der Waals surface area (Å²) in [6.07, 6.45) is 5.27. The van der Waals surface area contributed by atoms with Crippen molar-refractivity contribution in [2.45, 2.75) is 12.5 Å². The van der Waals surface area contributed by atoms with E-state index in [9.17, 15) is 5.11 Å². The number of ether oxygens (including phenoxy) is 1. The van der Waals surface area contributed by atoms with E-state index in [1.807, 2.05) is 0 Å². The smallest absolute Gasteiger partial charge is 1.00 e. The number of benzene rings is 2. The summed E-state index contributed by atoms with van der Waals surface area (Å²) in [5, 5.41) is 10.6. The SMILES string of the molecule is C#CC(C)(O)c1ccc(Oc2ccc(Cl)cc2)cc1.[H-].[Li+]. The van der Waals surface area contributed by atoms with Crippen molar-refractivity contribution in [2.75, 3.05) is 0 Å². The minimum atomic E-state index is -1.27. The van der Waals surface area contributed by atoms with Crippen LogP contribution in [0.5, 0.6) is 11.5 Å². The van der Waals surface area contributed by atoms with E-state index in [1.165, 1.54) is 0 Å². The van der Waals surface area contributed by atoms with Crippen molar-refractivity contribution in [3.8, 4) is 23.8 Å². The Morgan fingerprint density at radius 3 is 2.00 bits per heavy atom. The van der Waals surface area contributed by atoms with Crippen LogP contribution in [0.15, 0.2) is 48.5 Å². The molecule has 0 aromatic heterocycles. The molecule has 0 fully saturated rings. The number of hydrogen-bond donors (Lipinski definition) is 1. The van der Waals surface area contributed by atoms with Gasteiger partial charge >= 0.3 is 18.9 Å². The van der Waals surface area contributed by atoms with Crippen LogP contribution in [0.1, 0.15) is 13.9 Å². The van der Waals surface area contributed by atoms with Gasteiger partial charge in [0.1, 0.15) is 17.1 Å². The van der Waals surface area contributed by atoms with E-state index in [0.29, 0.717) is 22.1 Å². The monoisotopic (exact) mass is 280 g/mol. The molecule has 0 aliphatic rings. The second-order valence-corrected chi connectivity index (χ2v) is 4.73. The summed E-state index contributed by atoms with van der Waals surface area (Å²) in [7, 11) is 0. The van der Waals surface area contributed by atoms with Gasteiger partial charge in [-0.25, -0.2) is 0 Å². The predicted molar refractivity (Wildman–Crippen MR) is 77.5 cm³/mol. The van der Waals surface area contributed by atoms with E-state index in [2.05, 4.69) is 5.92 Å². The molecular weight excluding hydrogens is 267 g/mol. The average molecular weight is 281 g/mol. The maximum atomic E-state index is 9.91. The summed E-state index contributed by atoms with van der Waals surface area (Å²) >= 11 is 5.80. The minimum absolute atomic E-state index is 0. The van der Waals surface area contributed by atoms with Gasteiger partial charge in [0.2, 0.25) is 0 Å². The molecule has 1 N–H and O–H groups in total. The van der Waals surface area contributed by atoms with Crippen molar-refractivity contribution < 1.29 is 30.1 Å². The van der Waals surface area contributed by atoms with Gasteiger partial charge in [0, 0.05) is 5.02 Å². The van der Waals surface area contributed by atoms with E-state index in [4.69, 9.17) is 22.8 Å². The van der Waals surface area contributed by atoms with E-state index in [-0.39, 0.29) is 20.3 Å². The summed E-state index contributed by atoms with van der Waals surface area (Å²) in [6.45, 7) is 1.57. The van der Waals surface area contributed by atoms with E-state index >= 15 is 0 Å². The van der Waals surface area contributed by atoms with Gasteiger partial charge in [0.25, 0.3) is 0 Å². The minimum Gasteiger partial charge on any atom is -1.00 e. The maximum Gasteiger partial charge on any atom is 1.00 e. The van der Waals surface area contributed by atoms with Gasteiger partial charge in [-0.2, -0.15) is 0 Å². The fraction of sp³-hybridized carbons (Fsp3) is 0.125. The molecule has 4 heteroatoms. The van der Waals surface area contributed by atoms with Crippen LogP contribution in [0.4, 0.5) is 0 Å². The summed E-state index contributed by atoms with van der Waals surface area (Å²) in [6, 6.07) is 14.1. The molecule has 0 spiro atoms. The van der Waals surface area contributed by atoms with E-state index in [0.717, 1.165) is 0 Å². The Balaban J connectivity index is 0.00000200. The van der Waals surface area contributed by atoms with Crippen LogP contribution in [-0.4, -0.2) is 5.11 Å². The summed E-state index contributed by atoms with van der Waals surface area (Å²) in [5.74, 6) is 3.69. The third kappa shape index (κ3) is 4.07. The number of halogens is 1. The van der Waals surface area contributed by atoms with Gasteiger partial charge in [-0.1, -0.05) is 29.7 Å². The molecule has 98 valence electrons. The Hall–Kier alpha value is -1.35. The first-order chi connectivity index (χ1) is 9.01. The summed E-state index contributed by atoms with van der Waals surface area (Å²) < 4.78 is 5.64. The first-order valence-corrected chi connectivity index (χ1v) is 6.13. The topological polar surface area (TPSA) is 29.5 Å². The molecular formula is C16H14ClLiO2. The van der Waals surface area contributed by atoms with E-state index in [1.54, 1.807) is 55.5 Å². The van der Waals surface area contributed by atoms with Crippen LogP contribution >= 0.6 is 11.6 Å². The zero-order valence-electron chi connectivity index (χ0n) is 12.4. The first-order valence-electron chi connectivity index (χ1n) is 5.75. The Morgan fingerprint density at radius 1 is 1.10 bits per heavy atom. The van der Waals surface area contributed by atoms with Crippen molar-refractivity contribution >= 4 is 11.6 Å². The molecule has 20 heavy (non-hydrogen) atoms. The number of aliphatic hydroxyl groups is 1. The molecule has 0 amide bonds. The molecule has 0 heterocycles. The number of hydrogen-bond acceptors (Lipinski definition) is 2. The van der Waals surface area contributed by atoms with Crippen molar-refractivity contribution in [1.82, 2.24) is 0 Å². The molecule has 0 bridgehead atoms. The Morgan fingerprint density at radius 2 is 1.55 bits per heavy atom. The van der Waals surface area contributed by atoms with Crippen LogP contribution in [0.3, 0.4) is 0 Å². The molecule has 1 unspecified atom stereocenters. The van der Waals surface area contributed by atoms with Gasteiger partial charge in [-0.05, 0) is 48.9 Å². The molecule has 1 atom stereocenters. The van der Waals surface area contributed by atoms with Crippen molar-refractivity contribution in [2.24, 2.45) is 0 Å². The summed E-state index contributed by atoms with van der Waals surface area (Å²) in [5.41, 5.74) is -0.614. The van der Waals surface area contributed by atoms with Crippen molar-refractivity contribution in [3.05, 3.63) is 59.1 Å². The molecule has 0 saturated heterocycles. The zero-order valence-corrected chi connectivity index (χ0v) is 12.2. The fourth-order valence-corrected chi connectivity index (χ4v) is 1.70. The largest absolute Gasteiger partial charge is 1.00 e. The van der Waals surface area contributed by atoms with Crippen LogP contribution in [0, 0.1) is 12.3 Å². The second kappa shape index (κ2) is 6.89. The Labute approximate surface area is 137 Å². The summed E-state index contributed by atoms with van der Waals surface area (Å²) in [4.78, 5) is 0. The average Bonchev–Trinajstić information content (AvgIpc) is 2.42. The standard InChI is InChI=1S/C16H13ClO2.Li.H/c1-3-16(2,18)12-4-8-14(9-5-12)19-15-10-6-13(17)7-11-15;;/h1,4-11,18H,2H3;;/q;+1;-1. The van der Waals surface area contributed by atoms with Gasteiger partial charge in [0.05, 0.1) is 0 Å².